The van der Waals surface area contributed by atoms with Crippen molar-refractivity contribution in [2.45, 2.75) is 12.1 Å². The number of hydrogen-bond donors (Lipinski definition) is 2. The van der Waals surface area contributed by atoms with E-state index in [0.29, 0.717) is 16.5 Å². The molecule has 0 saturated heterocycles. The van der Waals surface area contributed by atoms with Gasteiger partial charge < -0.3 is 11.1 Å². The van der Waals surface area contributed by atoms with E-state index in [1.807, 2.05) is 6.92 Å². The van der Waals surface area contributed by atoms with Crippen molar-refractivity contribution in [2.75, 3.05) is 16.8 Å². The van der Waals surface area contributed by atoms with Gasteiger partial charge in [-0.05, 0) is 30.7 Å². The van der Waals surface area contributed by atoms with Crippen LogP contribution in [0.4, 0.5) is 11.4 Å². The molecule has 19 heavy (non-hydrogen) atoms. The molecule has 1 aromatic carbocycles. The molecule has 0 radical (unpaired) electrons. The summed E-state index contributed by atoms with van der Waals surface area (Å²) in [6.45, 7) is 1.92. The minimum Gasteiger partial charge on any atom is -0.399 e. The van der Waals surface area contributed by atoms with Gasteiger partial charge in [-0.2, -0.15) is 0 Å². The number of hydrogen-bond acceptors (Lipinski definition) is 5. The van der Waals surface area contributed by atoms with E-state index in [2.05, 4.69) is 15.3 Å². The lowest BCUT2D eigenvalue weighted by atomic mass is 10.3. The molecule has 2 aromatic rings. The molecule has 0 aliphatic rings. The molecular formula is C13H14N4OS. The molecule has 98 valence electrons. The van der Waals surface area contributed by atoms with Crippen molar-refractivity contribution in [3.8, 4) is 0 Å². The van der Waals surface area contributed by atoms with Gasteiger partial charge in [0.15, 0.2) is 5.16 Å². The first-order valence-electron chi connectivity index (χ1n) is 5.70. The summed E-state index contributed by atoms with van der Waals surface area (Å²) in [6.07, 6.45) is 3.45. The van der Waals surface area contributed by atoms with Crippen molar-refractivity contribution < 1.29 is 4.79 Å². The van der Waals surface area contributed by atoms with E-state index < -0.39 is 0 Å². The van der Waals surface area contributed by atoms with Crippen molar-refractivity contribution in [1.82, 2.24) is 9.97 Å². The zero-order valence-corrected chi connectivity index (χ0v) is 11.3. The molecule has 3 N–H and O–H groups in total. The van der Waals surface area contributed by atoms with E-state index in [1.54, 1.807) is 36.7 Å². The maximum atomic E-state index is 11.7. The normalized spacial score (nSPS) is 10.2. The number of thioether (sulfide) groups is 1. The zero-order chi connectivity index (χ0) is 13.7. The quantitative estimate of drug-likeness (QED) is 0.507. The number of aryl methyl sites for hydroxylation is 1. The lowest BCUT2D eigenvalue weighted by Crippen LogP contribution is -2.14. The Labute approximate surface area is 115 Å². The second-order valence-electron chi connectivity index (χ2n) is 4.01. The number of carbonyl (C=O) groups is 1. The fraction of sp³-hybridized carbons (Fsp3) is 0.154. The molecule has 2 rings (SSSR count). The molecule has 6 heteroatoms. The third-order valence-electron chi connectivity index (χ3n) is 2.26. The maximum absolute atomic E-state index is 11.7. The van der Waals surface area contributed by atoms with Crippen LogP contribution in [0.15, 0.2) is 41.8 Å². The maximum Gasteiger partial charge on any atom is 0.234 e. The first-order valence-corrected chi connectivity index (χ1v) is 6.69. The van der Waals surface area contributed by atoms with Crippen LogP contribution in [-0.4, -0.2) is 21.6 Å². The monoisotopic (exact) mass is 274 g/mol. The number of aromatic nitrogens is 2. The van der Waals surface area contributed by atoms with Gasteiger partial charge in [0.25, 0.3) is 0 Å². The van der Waals surface area contributed by atoms with Gasteiger partial charge in [0.2, 0.25) is 5.91 Å². The van der Waals surface area contributed by atoms with Gasteiger partial charge in [0.05, 0.1) is 5.75 Å². The standard InChI is InChI=1S/C13H14N4OS/c1-9-6-15-13(16-7-9)19-8-12(18)17-11-4-2-3-10(14)5-11/h2-7H,8,14H2,1H3,(H,17,18). The van der Waals surface area contributed by atoms with Crippen LogP contribution in [0.3, 0.4) is 0 Å². The van der Waals surface area contributed by atoms with Crippen LogP contribution in [0.1, 0.15) is 5.56 Å². The minimum atomic E-state index is -0.111. The van der Waals surface area contributed by atoms with Crippen LogP contribution in [0.2, 0.25) is 0 Å². The average Bonchev–Trinajstić information content (AvgIpc) is 2.38. The summed E-state index contributed by atoms with van der Waals surface area (Å²) in [5.74, 6) is 0.150. The third-order valence-corrected chi connectivity index (χ3v) is 3.14. The van der Waals surface area contributed by atoms with Crippen molar-refractivity contribution in [3.63, 3.8) is 0 Å². The summed E-state index contributed by atoms with van der Waals surface area (Å²) in [4.78, 5) is 20.0. The Hall–Kier alpha value is -2.08. The van der Waals surface area contributed by atoms with E-state index >= 15 is 0 Å². The largest absolute Gasteiger partial charge is 0.399 e. The highest BCUT2D eigenvalue weighted by molar-refractivity contribution is 7.99. The lowest BCUT2D eigenvalue weighted by Gasteiger charge is -2.05. The van der Waals surface area contributed by atoms with Crippen LogP contribution in [0, 0.1) is 6.92 Å². The summed E-state index contributed by atoms with van der Waals surface area (Å²) in [5, 5.41) is 3.36. The van der Waals surface area contributed by atoms with Crippen molar-refractivity contribution >= 4 is 29.0 Å². The van der Waals surface area contributed by atoms with Crippen LogP contribution in [-0.2, 0) is 4.79 Å². The SMILES string of the molecule is Cc1cnc(SCC(=O)Nc2cccc(N)c2)nc1. The Bertz CT molecular complexity index is 571. The van der Waals surface area contributed by atoms with Crippen LogP contribution in [0.5, 0.6) is 0 Å². The molecular weight excluding hydrogens is 260 g/mol. The number of carbonyl (C=O) groups excluding carboxylic acids is 1. The van der Waals surface area contributed by atoms with Gasteiger partial charge in [0.1, 0.15) is 0 Å². The van der Waals surface area contributed by atoms with E-state index in [-0.39, 0.29) is 11.7 Å². The molecule has 0 spiro atoms. The minimum absolute atomic E-state index is 0.111. The lowest BCUT2D eigenvalue weighted by molar-refractivity contribution is -0.113. The molecule has 0 saturated carbocycles. The number of amides is 1. The summed E-state index contributed by atoms with van der Waals surface area (Å²) >= 11 is 1.30. The molecule has 0 atom stereocenters. The van der Waals surface area contributed by atoms with Crippen LogP contribution in [0.25, 0.3) is 0 Å². The predicted octanol–water partition coefficient (Wildman–Crippen LogP) is 2.10. The van der Waals surface area contributed by atoms with Crippen molar-refractivity contribution in [2.24, 2.45) is 0 Å². The molecule has 0 aliphatic heterocycles. The Balaban J connectivity index is 1.86. The van der Waals surface area contributed by atoms with E-state index in [9.17, 15) is 4.79 Å². The Morgan fingerprint density at radius 1 is 1.37 bits per heavy atom. The van der Waals surface area contributed by atoms with Gasteiger partial charge in [0, 0.05) is 23.8 Å². The fourth-order valence-electron chi connectivity index (χ4n) is 1.40. The van der Waals surface area contributed by atoms with Crippen molar-refractivity contribution in [3.05, 3.63) is 42.2 Å². The molecule has 0 fully saturated rings. The zero-order valence-electron chi connectivity index (χ0n) is 10.5. The highest BCUT2D eigenvalue weighted by Crippen LogP contribution is 2.15. The number of nitrogens with one attached hydrogen (secondary N) is 1. The number of nitrogens with zero attached hydrogens (tertiary/aromatic N) is 2. The number of benzene rings is 1. The average molecular weight is 274 g/mol. The van der Waals surface area contributed by atoms with Gasteiger partial charge in [-0.15, -0.1) is 0 Å². The highest BCUT2D eigenvalue weighted by Gasteiger charge is 2.05. The summed E-state index contributed by atoms with van der Waals surface area (Å²) < 4.78 is 0. The molecule has 5 nitrogen and oxygen atoms in total. The second kappa shape index (κ2) is 6.19. The topological polar surface area (TPSA) is 80.9 Å². The van der Waals surface area contributed by atoms with E-state index in [0.717, 1.165) is 5.56 Å². The van der Waals surface area contributed by atoms with Gasteiger partial charge in [-0.1, -0.05) is 17.8 Å². The first kappa shape index (κ1) is 13.4. The number of nitrogens with two attached hydrogens (primary N) is 1. The second-order valence-corrected chi connectivity index (χ2v) is 4.95. The Kier molecular flexibility index (Phi) is 4.35. The Morgan fingerprint density at radius 2 is 2.11 bits per heavy atom. The smallest absolute Gasteiger partial charge is 0.234 e. The molecule has 0 aliphatic carbocycles. The van der Waals surface area contributed by atoms with Gasteiger partial charge >= 0.3 is 0 Å². The summed E-state index contributed by atoms with van der Waals surface area (Å²) in [5.41, 5.74) is 7.94. The predicted molar refractivity (Wildman–Crippen MR) is 77.0 cm³/mol. The van der Waals surface area contributed by atoms with Crippen LogP contribution < -0.4 is 11.1 Å². The molecule has 0 unspecified atom stereocenters. The van der Waals surface area contributed by atoms with Crippen LogP contribution >= 0.6 is 11.8 Å². The third kappa shape index (κ3) is 4.26. The summed E-state index contributed by atoms with van der Waals surface area (Å²) in [6, 6.07) is 7.07. The molecule has 1 aromatic heterocycles. The van der Waals surface area contributed by atoms with Crippen molar-refractivity contribution in [1.29, 1.82) is 0 Å². The molecule has 1 heterocycles. The number of nitrogen functional groups attached to an aromatic ring is 1. The van der Waals surface area contributed by atoms with Gasteiger partial charge in [-0.25, -0.2) is 9.97 Å². The molecule has 0 bridgehead atoms. The van der Waals surface area contributed by atoms with E-state index in [4.69, 9.17) is 5.73 Å². The van der Waals surface area contributed by atoms with E-state index in [1.165, 1.54) is 11.8 Å². The Morgan fingerprint density at radius 3 is 2.79 bits per heavy atom. The van der Waals surface area contributed by atoms with Gasteiger partial charge in [-0.3, -0.25) is 4.79 Å². The molecule has 1 amide bonds. The number of anilines is 2. The first-order chi connectivity index (χ1) is 9.13. The highest BCUT2D eigenvalue weighted by atomic mass is 32.2. The summed E-state index contributed by atoms with van der Waals surface area (Å²) in [7, 11) is 0. The number of rotatable bonds is 4. The fourth-order valence-corrected chi connectivity index (χ4v) is 1.99.